The van der Waals surface area contributed by atoms with Crippen molar-refractivity contribution in [3.05, 3.63) is 0 Å². The molecule has 2 unspecified atom stereocenters. The van der Waals surface area contributed by atoms with E-state index in [0.29, 0.717) is 5.92 Å². The molecule has 0 aromatic heterocycles. The Hall–Kier alpha value is -0.610. The minimum Gasteiger partial charge on any atom is -0.352 e. The number of amides is 1. The van der Waals surface area contributed by atoms with Gasteiger partial charge >= 0.3 is 0 Å². The van der Waals surface area contributed by atoms with Gasteiger partial charge in [0, 0.05) is 18.0 Å². The number of carbonyl (C=O) groups is 1. The van der Waals surface area contributed by atoms with Crippen molar-refractivity contribution in [1.29, 1.82) is 0 Å². The molecule has 2 rings (SSSR count). The van der Waals surface area contributed by atoms with Crippen LogP contribution in [0.1, 0.15) is 46.5 Å². The fourth-order valence-corrected chi connectivity index (χ4v) is 3.46. The van der Waals surface area contributed by atoms with Crippen molar-refractivity contribution in [2.24, 2.45) is 11.3 Å². The second kappa shape index (κ2) is 6.90. The van der Waals surface area contributed by atoms with Crippen molar-refractivity contribution in [2.75, 3.05) is 32.7 Å². The van der Waals surface area contributed by atoms with Crippen LogP contribution in [0.5, 0.6) is 0 Å². The predicted molar refractivity (Wildman–Crippen MR) is 82.7 cm³/mol. The minimum absolute atomic E-state index is 0.220. The third-order valence-electron chi connectivity index (χ3n) is 5.01. The average molecular weight is 281 g/mol. The van der Waals surface area contributed by atoms with Crippen LogP contribution in [0.2, 0.25) is 0 Å². The molecule has 0 aromatic carbocycles. The van der Waals surface area contributed by atoms with Crippen LogP contribution < -0.4 is 10.6 Å². The van der Waals surface area contributed by atoms with Crippen LogP contribution in [0.15, 0.2) is 0 Å². The van der Waals surface area contributed by atoms with Crippen LogP contribution in [0.25, 0.3) is 0 Å². The number of hydrogen-bond donors (Lipinski definition) is 2. The zero-order valence-electron chi connectivity index (χ0n) is 13.4. The van der Waals surface area contributed by atoms with E-state index < -0.39 is 0 Å². The summed E-state index contributed by atoms with van der Waals surface area (Å²) in [6, 6.07) is 0.247. The zero-order chi connectivity index (χ0) is 14.6. The molecule has 2 aliphatic rings. The molecule has 4 heteroatoms. The molecule has 0 radical (unpaired) electrons. The molecule has 0 aromatic rings. The first-order chi connectivity index (χ1) is 9.50. The molecule has 4 nitrogen and oxygen atoms in total. The third kappa shape index (κ3) is 3.95. The van der Waals surface area contributed by atoms with Gasteiger partial charge in [-0.2, -0.15) is 0 Å². The Morgan fingerprint density at radius 2 is 2.05 bits per heavy atom. The molecule has 0 spiro atoms. The standard InChI is InChI=1S/C16H31N3O/c1-13(12-19-9-4-5-10-19)18-15(20)16(2,3)14-7-6-8-17-11-14/h13-14,17H,4-12H2,1-3H3,(H,18,20). The maximum Gasteiger partial charge on any atom is 0.226 e. The van der Waals surface area contributed by atoms with Crippen LogP contribution in [0.4, 0.5) is 0 Å². The highest BCUT2D eigenvalue weighted by Crippen LogP contribution is 2.32. The molecule has 0 bridgehead atoms. The van der Waals surface area contributed by atoms with Crippen molar-refractivity contribution in [2.45, 2.75) is 52.5 Å². The molecule has 0 aliphatic carbocycles. The summed E-state index contributed by atoms with van der Waals surface area (Å²) in [4.78, 5) is 15.0. The number of rotatable bonds is 5. The van der Waals surface area contributed by atoms with E-state index in [2.05, 4.69) is 36.3 Å². The van der Waals surface area contributed by atoms with E-state index in [1.54, 1.807) is 0 Å². The molecule has 20 heavy (non-hydrogen) atoms. The van der Waals surface area contributed by atoms with E-state index >= 15 is 0 Å². The largest absolute Gasteiger partial charge is 0.352 e. The van der Waals surface area contributed by atoms with Crippen molar-refractivity contribution in [3.8, 4) is 0 Å². The average Bonchev–Trinajstić information content (AvgIpc) is 2.92. The predicted octanol–water partition coefficient (Wildman–Crippen LogP) is 1.61. The molecular weight excluding hydrogens is 250 g/mol. The molecule has 1 amide bonds. The SMILES string of the molecule is CC(CN1CCCC1)NC(=O)C(C)(C)C1CCCNC1. The van der Waals surface area contributed by atoms with Crippen molar-refractivity contribution < 1.29 is 4.79 Å². The maximum absolute atomic E-state index is 12.6. The minimum atomic E-state index is -0.271. The van der Waals surface area contributed by atoms with Gasteiger partial charge in [0.2, 0.25) is 5.91 Å². The van der Waals surface area contributed by atoms with Crippen LogP contribution in [-0.4, -0.2) is 49.6 Å². The van der Waals surface area contributed by atoms with Gasteiger partial charge in [0.15, 0.2) is 0 Å². The molecular formula is C16H31N3O. The lowest BCUT2D eigenvalue weighted by molar-refractivity contribution is -0.133. The maximum atomic E-state index is 12.6. The lowest BCUT2D eigenvalue weighted by atomic mass is 9.74. The summed E-state index contributed by atoms with van der Waals surface area (Å²) < 4.78 is 0. The smallest absolute Gasteiger partial charge is 0.226 e. The summed E-state index contributed by atoms with van der Waals surface area (Å²) in [5, 5.41) is 6.66. The highest BCUT2D eigenvalue weighted by molar-refractivity contribution is 5.82. The highest BCUT2D eigenvalue weighted by Gasteiger charge is 2.37. The van der Waals surface area contributed by atoms with Gasteiger partial charge in [0.1, 0.15) is 0 Å². The molecule has 2 aliphatic heterocycles. The van der Waals surface area contributed by atoms with Crippen LogP contribution >= 0.6 is 0 Å². The normalized spacial score (nSPS) is 26.4. The number of hydrogen-bond acceptors (Lipinski definition) is 3. The van der Waals surface area contributed by atoms with Crippen molar-refractivity contribution in [3.63, 3.8) is 0 Å². The molecule has 116 valence electrons. The summed E-state index contributed by atoms with van der Waals surface area (Å²) in [7, 11) is 0. The Morgan fingerprint density at radius 1 is 1.35 bits per heavy atom. The summed E-state index contributed by atoms with van der Waals surface area (Å²) in [6.45, 7) is 11.8. The molecule has 0 saturated carbocycles. The van der Waals surface area contributed by atoms with Crippen molar-refractivity contribution >= 4 is 5.91 Å². The van der Waals surface area contributed by atoms with E-state index in [4.69, 9.17) is 0 Å². The zero-order valence-corrected chi connectivity index (χ0v) is 13.4. The Kier molecular flexibility index (Phi) is 5.44. The number of likely N-dealkylation sites (tertiary alicyclic amines) is 1. The van der Waals surface area contributed by atoms with Gasteiger partial charge in [0.05, 0.1) is 0 Å². The van der Waals surface area contributed by atoms with Gasteiger partial charge in [-0.3, -0.25) is 4.79 Å². The van der Waals surface area contributed by atoms with E-state index in [1.807, 2.05) is 0 Å². The monoisotopic (exact) mass is 281 g/mol. The van der Waals surface area contributed by atoms with E-state index in [0.717, 1.165) is 26.1 Å². The molecule has 2 saturated heterocycles. The molecule has 2 heterocycles. The fraction of sp³-hybridized carbons (Fsp3) is 0.938. The fourth-order valence-electron chi connectivity index (χ4n) is 3.46. The summed E-state index contributed by atoms with van der Waals surface area (Å²) in [5.74, 6) is 0.674. The Bertz CT molecular complexity index is 318. The first-order valence-electron chi connectivity index (χ1n) is 8.24. The molecule has 2 fully saturated rings. The summed E-state index contributed by atoms with van der Waals surface area (Å²) in [6.07, 6.45) is 4.96. The highest BCUT2D eigenvalue weighted by atomic mass is 16.2. The second-order valence-electron chi connectivity index (χ2n) is 7.15. The Labute approximate surface area is 123 Å². The van der Waals surface area contributed by atoms with E-state index in [-0.39, 0.29) is 17.4 Å². The summed E-state index contributed by atoms with van der Waals surface area (Å²) >= 11 is 0. The summed E-state index contributed by atoms with van der Waals surface area (Å²) in [5.41, 5.74) is -0.271. The quantitative estimate of drug-likeness (QED) is 0.805. The van der Waals surface area contributed by atoms with E-state index in [9.17, 15) is 4.79 Å². The number of nitrogens with one attached hydrogen (secondary N) is 2. The molecule has 2 atom stereocenters. The van der Waals surface area contributed by atoms with Crippen LogP contribution in [0.3, 0.4) is 0 Å². The lowest BCUT2D eigenvalue weighted by Crippen LogP contribution is -2.51. The van der Waals surface area contributed by atoms with Crippen molar-refractivity contribution in [1.82, 2.24) is 15.5 Å². The van der Waals surface area contributed by atoms with Crippen LogP contribution in [-0.2, 0) is 4.79 Å². The van der Waals surface area contributed by atoms with Gasteiger partial charge in [-0.15, -0.1) is 0 Å². The number of carbonyl (C=O) groups excluding carboxylic acids is 1. The molecule has 2 N–H and O–H groups in total. The first-order valence-corrected chi connectivity index (χ1v) is 8.24. The second-order valence-corrected chi connectivity index (χ2v) is 7.15. The van der Waals surface area contributed by atoms with Gasteiger partial charge in [-0.25, -0.2) is 0 Å². The third-order valence-corrected chi connectivity index (χ3v) is 5.01. The first kappa shape index (κ1) is 15.8. The Morgan fingerprint density at radius 3 is 2.65 bits per heavy atom. The van der Waals surface area contributed by atoms with Crippen LogP contribution in [0, 0.1) is 11.3 Å². The number of piperidine rings is 1. The van der Waals surface area contributed by atoms with Gasteiger partial charge in [-0.05, 0) is 64.7 Å². The van der Waals surface area contributed by atoms with Gasteiger partial charge in [-0.1, -0.05) is 13.8 Å². The number of nitrogens with zero attached hydrogens (tertiary/aromatic N) is 1. The lowest BCUT2D eigenvalue weighted by Gasteiger charge is -2.37. The Balaban J connectivity index is 1.82. The van der Waals surface area contributed by atoms with Gasteiger partial charge < -0.3 is 15.5 Å². The van der Waals surface area contributed by atoms with Gasteiger partial charge in [0.25, 0.3) is 0 Å². The topological polar surface area (TPSA) is 44.4 Å². The van der Waals surface area contributed by atoms with E-state index in [1.165, 1.54) is 32.4 Å².